The fraction of sp³-hybridized carbons (Fsp3) is 0.273. The summed E-state index contributed by atoms with van der Waals surface area (Å²) < 4.78 is 0.641. The fourth-order valence-electron chi connectivity index (χ4n) is 1.33. The highest BCUT2D eigenvalue weighted by molar-refractivity contribution is 8.01. The molecule has 2 heterocycles. The zero-order chi connectivity index (χ0) is 13.7. The van der Waals surface area contributed by atoms with E-state index in [4.69, 9.17) is 5.11 Å². The van der Waals surface area contributed by atoms with Crippen molar-refractivity contribution in [1.82, 2.24) is 15.2 Å². The highest BCUT2D eigenvalue weighted by Gasteiger charge is 2.07. The number of thioether (sulfide) groups is 1. The van der Waals surface area contributed by atoms with Crippen molar-refractivity contribution >= 4 is 34.2 Å². The number of nitrogens with one attached hydrogen (secondary N) is 1. The van der Waals surface area contributed by atoms with Crippen molar-refractivity contribution in [2.75, 3.05) is 11.1 Å². The zero-order valence-electron chi connectivity index (χ0n) is 10.2. The van der Waals surface area contributed by atoms with Crippen LogP contribution in [0.2, 0.25) is 0 Å². The summed E-state index contributed by atoms with van der Waals surface area (Å²) in [7, 11) is 0. The predicted octanol–water partition coefficient (Wildman–Crippen LogP) is 2.03. The Morgan fingerprint density at radius 1 is 1.47 bits per heavy atom. The molecular formula is C11H12N4O2S2. The number of nitrogens with zero attached hydrogens (tertiary/aromatic N) is 3. The summed E-state index contributed by atoms with van der Waals surface area (Å²) in [4.78, 5) is 14.8. The molecule has 0 saturated carbocycles. The van der Waals surface area contributed by atoms with Crippen LogP contribution in [0.15, 0.2) is 22.5 Å². The maximum Gasteiger partial charge on any atom is 0.313 e. The number of aromatic nitrogens is 3. The SMILES string of the molecule is Cc1cccc(CNc2nnc(SCC(=O)O)s2)n1. The number of rotatable bonds is 6. The summed E-state index contributed by atoms with van der Waals surface area (Å²) >= 11 is 2.50. The third-order valence-electron chi connectivity index (χ3n) is 2.09. The highest BCUT2D eigenvalue weighted by atomic mass is 32.2. The quantitative estimate of drug-likeness (QED) is 0.788. The molecule has 8 heteroatoms. The molecule has 2 N–H and O–H groups in total. The number of carboxylic acids is 1. The van der Waals surface area contributed by atoms with Crippen molar-refractivity contribution in [1.29, 1.82) is 0 Å². The van der Waals surface area contributed by atoms with Crippen molar-refractivity contribution in [2.45, 2.75) is 17.8 Å². The molecule has 2 aromatic rings. The first-order valence-corrected chi connectivity index (χ1v) is 7.28. The van der Waals surface area contributed by atoms with Gasteiger partial charge < -0.3 is 10.4 Å². The zero-order valence-corrected chi connectivity index (χ0v) is 11.8. The molecule has 100 valence electrons. The van der Waals surface area contributed by atoms with Crippen molar-refractivity contribution < 1.29 is 9.90 Å². The number of hydrogen-bond acceptors (Lipinski definition) is 7. The summed E-state index contributed by atoms with van der Waals surface area (Å²) in [6.07, 6.45) is 0. The van der Waals surface area contributed by atoms with E-state index in [2.05, 4.69) is 20.5 Å². The van der Waals surface area contributed by atoms with E-state index in [1.54, 1.807) is 0 Å². The Morgan fingerprint density at radius 3 is 3.05 bits per heavy atom. The smallest absolute Gasteiger partial charge is 0.313 e. The van der Waals surface area contributed by atoms with Gasteiger partial charge >= 0.3 is 5.97 Å². The molecular weight excluding hydrogens is 284 g/mol. The number of hydrogen-bond donors (Lipinski definition) is 2. The third kappa shape index (κ3) is 4.49. The van der Waals surface area contributed by atoms with Crippen LogP contribution < -0.4 is 5.32 Å². The van der Waals surface area contributed by atoms with E-state index >= 15 is 0 Å². The van der Waals surface area contributed by atoms with Gasteiger partial charge in [-0.15, -0.1) is 10.2 Å². The Kier molecular flexibility index (Phi) is 4.69. The minimum atomic E-state index is -0.862. The first-order chi connectivity index (χ1) is 9.13. The average Bonchev–Trinajstić information content (AvgIpc) is 2.82. The van der Waals surface area contributed by atoms with Gasteiger partial charge in [-0.05, 0) is 19.1 Å². The average molecular weight is 296 g/mol. The molecule has 0 spiro atoms. The molecule has 0 aliphatic carbocycles. The molecule has 6 nitrogen and oxygen atoms in total. The maximum atomic E-state index is 10.4. The van der Waals surface area contributed by atoms with Gasteiger partial charge in [0, 0.05) is 5.69 Å². The molecule has 0 bridgehead atoms. The Morgan fingerprint density at radius 2 is 2.32 bits per heavy atom. The first-order valence-electron chi connectivity index (χ1n) is 5.48. The monoisotopic (exact) mass is 296 g/mol. The van der Waals surface area contributed by atoms with Gasteiger partial charge in [0.05, 0.1) is 18.0 Å². The van der Waals surface area contributed by atoms with Gasteiger partial charge in [-0.3, -0.25) is 9.78 Å². The molecule has 0 fully saturated rings. The molecule has 2 rings (SSSR count). The standard InChI is InChI=1S/C11H12N4O2S2/c1-7-3-2-4-8(13-7)5-12-10-14-15-11(19-10)18-6-9(16)17/h2-4H,5-6H2,1H3,(H,12,14)(H,16,17). The second kappa shape index (κ2) is 6.48. The van der Waals surface area contributed by atoms with E-state index in [0.717, 1.165) is 23.1 Å². The van der Waals surface area contributed by atoms with Crippen LogP contribution in [0.5, 0.6) is 0 Å². The van der Waals surface area contributed by atoms with E-state index in [0.29, 0.717) is 16.0 Å². The van der Waals surface area contributed by atoms with Crippen molar-refractivity contribution in [3.05, 3.63) is 29.6 Å². The normalized spacial score (nSPS) is 10.4. The van der Waals surface area contributed by atoms with E-state index in [9.17, 15) is 4.79 Å². The molecule has 0 aliphatic heterocycles. The molecule has 0 amide bonds. The molecule has 0 atom stereocenters. The minimum Gasteiger partial charge on any atom is -0.481 e. The lowest BCUT2D eigenvalue weighted by atomic mass is 10.3. The van der Waals surface area contributed by atoms with Crippen LogP contribution in [0.25, 0.3) is 0 Å². The van der Waals surface area contributed by atoms with Crippen LogP contribution in [0, 0.1) is 6.92 Å². The van der Waals surface area contributed by atoms with Crippen molar-refractivity contribution in [2.24, 2.45) is 0 Å². The first kappa shape index (κ1) is 13.8. The van der Waals surface area contributed by atoms with E-state index < -0.39 is 5.97 Å². The lowest BCUT2D eigenvalue weighted by Gasteiger charge is -2.01. The number of pyridine rings is 1. The summed E-state index contributed by atoms with van der Waals surface area (Å²) in [5, 5.41) is 20.2. The van der Waals surface area contributed by atoms with Crippen LogP contribution >= 0.6 is 23.1 Å². The topological polar surface area (TPSA) is 88.0 Å². The lowest BCUT2D eigenvalue weighted by Crippen LogP contribution is -2.01. The molecule has 0 aliphatic rings. The summed E-state index contributed by atoms with van der Waals surface area (Å²) in [6.45, 7) is 2.51. The van der Waals surface area contributed by atoms with Gasteiger partial charge in [-0.25, -0.2) is 0 Å². The van der Waals surface area contributed by atoms with Crippen LogP contribution in [-0.4, -0.2) is 32.0 Å². The highest BCUT2D eigenvalue weighted by Crippen LogP contribution is 2.25. The van der Waals surface area contributed by atoms with Crippen LogP contribution in [0.1, 0.15) is 11.4 Å². The minimum absolute atomic E-state index is 0.00588. The molecule has 0 radical (unpaired) electrons. The molecule has 0 saturated heterocycles. The largest absolute Gasteiger partial charge is 0.481 e. The number of anilines is 1. The van der Waals surface area contributed by atoms with E-state index in [1.807, 2.05) is 25.1 Å². The molecule has 19 heavy (non-hydrogen) atoms. The Bertz CT molecular complexity index is 573. The fourth-order valence-corrected chi connectivity index (χ4v) is 2.79. The van der Waals surface area contributed by atoms with Gasteiger partial charge in [0.2, 0.25) is 5.13 Å². The van der Waals surface area contributed by atoms with Crippen LogP contribution in [0.4, 0.5) is 5.13 Å². The van der Waals surface area contributed by atoms with E-state index in [1.165, 1.54) is 11.3 Å². The number of aryl methyl sites for hydroxylation is 1. The summed E-state index contributed by atoms with van der Waals surface area (Å²) in [5.74, 6) is -0.868. The second-order valence-electron chi connectivity index (χ2n) is 3.68. The maximum absolute atomic E-state index is 10.4. The number of aliphatic carboxylic acids is 1. The van der Waals surface area contributed by atoms with Crippen molar-refractivity contribution in [3.63, 3.8) is 0 Å². The number of carboxylic acid groups (broad SMARTS) is 1. The van der Waals surface area contributed by atoms with Crippen LogP contribution in [0.3, 0.4) is 0 Å². The summed E-state index contributed by atoms with van der Waals surface area (Å²) in [5.41, 5.74) is 1.89. The molecule has 2 aromatic heterocycles. The van der Waals surface area contributed by atoms with Crippen molar-refractivity contribution in [3.8, 4) is 0 Å². The Labute approximate surface area is 118 Å². The van der Waals surface area contributed by atoms with Crippen LogP contribution in [-0.2, 0) is 11.3 Å². The Balaban J connectivity index is 1.88. The van der Waals surface area contributed by atoms with E-state index in [-0.39, 0.29) is 5.75 Å². The van der Waals surface area contributed by atoms with Gasteiger partial charge in [0.25, 0.3) is 0 Å². The third-order valence-corrected chi connectivity index (χ3v) is 4.09. The number of carbonyl (C=O) groups is 1. The molecule has 0 unspecified atom stereocenters. The van der Waals surface area contributed by atoms with Gasteiger partial charge in [0.15, 0.2) is 4.34 Å². The molecule has 0 aromatic carbocycles. The van der Waals surface area contributed by atoms with Gasteiger partial charge in [-0.1, -0.05) is 29.2 Å². The lowest BCUT2D eigenvalue weighted by molar-refractivity contribution is -0.133. The predicted molar refractivity (Wildman–Crippen MR) is 74.6 cm³/mol. The Hall–Kier alpha value is -1.67. The van der Waals surface area contributed by atoms with Gasteiger partial charge in [0.1, 0.15) is 0 Å². The summed E-state index contributed by atoms with van der Waals surface area (Å²) in [6, 6.07) is 5.82. The second-order valence-corrected chi connectivity index (χ2v) is 5.88. The van der Waals surface area contributed by atoms with Gasteiger partial charge in [-0.2, -0.15) is 0 Å².